The molecule has 7 nitrogen and oxygen atoms in total. The average molecular weight is 414 g/mol. The Bertz CT molecular complexity index is 1090. The topological polar surface area (TPSA) is 97.6 Å². The van der Waals surface area contributed by atoms with Gasteiger partial charge < -0.3 is 14.5 Å². The highest BCUT2D eigenvalue weighted by Crippen LogP contribution is 2.23. The molecule has 0 spiro atoms. The predicted molar refractivity (Wildman–Crippen MR) is 110 cm³/mol. The van der Waals surface area contributed by atoms with Crippen LogP contribution in [0.25, 0.3) is 0 Å². The van der Waals surface area contributed by atoms with E-state index in [4.69, 9.17) is 9.15 Å². The van der Waals surface area contributed by atoms with E-state index in [2.05, 4.69) is 10.0 Å². The van der Waals surface area contributed by atoms with Crippen molar-refractivity contribution in [1.82, 2.24) is 5.32 Å². The van der Waals surface area contributed by atoms with Gasteiger partial charge >= 0.3 is 0 Å². The summed E-state index contributed by atoms with van der Waals surface area (Å²) >= 11 is 0. The van der Waals surface area contributed by atoms with Crippen LogP contribution in [0, 0.1) is 6.92 Å². The fraction of sp³-hybridized carbons (Fsp3) is 0.190. The van der Waals surface area contributed by atoms with Crippen LogP contribution >= 0.6 is 0 Å². The van der Waals surface area contributed by atoms with Crippen molar-refractivity contribution in [2.45, 2.75) is 24.8 Å². The van der Waals surface area contributed by atoms with Crippen LogP contribution < -0.4 is 14.8 Å². The van der Waals surface area contributed by atoms with Crippen LogP contribution in [-0.2, 0) is 10.0 Å². The molecule has 0 bridgehead atoms. The van der Waals surface area contributed by atoms with Crippen LogP contribution in [0.5, 0.6) is 5.75 Å². The Kier molecular flexibility index (Phi) is 5.93. The van der Waals surface area contributed by atoms with E-state index in [9.17, 15) is 13.2 Å². The van der Waals surface area contributed by atoms with Crippen molar-refractivity contribution in [1.29, 1.82) is 0 Å². The van der Waals surface area contributed by atoms with Crippen molar-refractivity contribution in [3.8, 4) is 5.75 Å². The maximum Gasteiger partial charge on any atom is 0.262 e. The van der Waals surface area contributed by atoms with Gasteiger partial charge in [0.05, 0.1) is 24.3 Å². The standard InChI is InChI=1S/C21H22N2O5S/c1-14-6-7-16(21(24)22-15(2)19-5-4-12-28-19)13-20(14)29(25,26)23-17-8-10-18(27-3)11-9-17/h4-13,15,23H,1-3H3,(H,22,24)/t15-/m1/s1. The van der Waals surface area contributed by atoms with E-state index in [0.29, 0.717) is 22.8 Å². The summed E-state index contributed by atoms with van der Waals surface area (Å²) in [6, 6.07) is 14.2. The summed E-state index contributed by atoms with van der Waals surface area (Å²) in [5.74, 6) is 0.836. The van der Waals surface area contributed by atoms with Gasteiger partial charge in [-0.2, -0.15) is 0 Å². The molecule has 3 aromatic rings. The first kappa shape index (κ1) is 20.5. The number of hydrogen-bond donors (Lipinski definition) is 2. The van der Waals surface area contributed by atoms with E-state index in [1.807, 2.05) is 0 Å². The zero-order valence-electron chi connectivity index (χ0n) is 16.3. The van der Waals surface area contributed by atoms with Crippen LogP contribution in [-0.4, -0.2) is 21.4 Å². The molecule has 1 aromatic heterocycles. The minimum absolute atomic E-state index is 0.0339. The summed E-state index contributed by atoms with van der Waals surface area (Å²) in [4.78, 5) is 12.6. The average Bonchev–Trinajstić information content (AvgIpc) is 3.23. The first-order valence-corrected chi connectivity index (χ1v) is 10.4. The number of methoxy groups -OCH3 is 1. The molecule has 0 radical (unpaired) electrons. The van der Waals surface area contributed by atoms with Gasteiger partial charge in [0.15, 0.2) is 0 Å². The summed E-state index contributed by atoms with van der Waals surface area (Å²) in [5, 5.41) is 2.80. The van der Waals surface area contributed by atoms with E-state index in [-0.39, 0.29) is 16.5 Å². The van der Waals surface area contributed by atoms with Crippen molar-refractivity contribution >= 4 is 21.6 Å². The van der Waals surface area contributed by atoms with E-state index in [0.717, 1.165) is 0 Å². The van der Waals surface area contributed by atoms with Gasteiger partial charge in [-0.1, -0.05) is 6.07 Å². The number of hydrogen-bond acceptors (Lipinski definition) is 5. The third-order valence-electron chi connectivity index (χ3n) is 4.40. The van der Waals surface area contributed by atoms with Crippen LogP contribution in [0.2, 0.25) is 0 Å². The molecule has 1 atom stereocenters. The monoisotopic (exact) mass is 414 g/mol. The SMILES string of the molecule is COc1ccc(NS(=O)(=O)c2cc(C(=O)N[C@H](C)c3ccco3)ccc2C)cc1. The number of carbonyl (C=O) groups excluding carboxylic acids is 1. The molecule has 0 aliphatic rings. The van der Waals surface area contributed by atoms with Gasteiger partial charge in [-0.05, 0) is 67.9 Å². The Balaban J connectivity index is 1.82. The summed E-state index contributed by atoms with van der Waals surface area (Å²) in [6.45, 7) is 3.46. The molecular formula is C21H22N2O5S. The molecule has 152 valence electrons. The molecule has 2 aromatic carbocycles. The molecule has 0 aliphatic heterocycles. The highest BCUT2D eigenvalue weighted by Gasteiger charge is 2.20. The second-order valence-corrected chi connectivity index (χ2v) is 8.18. The maximum absolute atomic E-state index is 12.9. The van der Waals surface area contributed by atoms with E-state index in [1.165, 1.54) is 19.4 Å². The number of amides is 1. The number of furan rings is 1. The lowest BCUT2D eigenvalue weighted by atomic mass is 10.1. The van der Waals surface area contributed by atoms with Gasteiger partial charge in [0.25, 0.3) is 15.9 Å². The summed E-state index contributed by atoms with van der Waals surface area (Å²) in [6.07, 6.45) is 1.53. The highest BCUT2D eigenvalue weighted by molar-refractivity contribution is 7.92. The second-order valence-electron chi connectivity index (χ2n) is 6.52. The summed E-state index contributed by atoms with van der Waals surface area (Å²) < 4.78 is 38.6. The minimum Gasteiger partial charge on any atom is -0.497 e. The first-order valence-electron chi connectivity index (χ1n) is 8.92. The number of aryl methyl sites for hydroxylation is 1. The minimum atomic E-state index is -3.88. The Labute approximate surface area is 169 Å². The molecule has 2 N–H and O–H groups in total. The Morgan fingerprint density at radius 3 is 2.45 bits per heavy atom. The number of anilines is 1. The number of rotatable bonds is 7. The quantitative estimate of drug-likeness (QED) is 0.611. The van der Waals surface area contributed by atoms with Crippen molar-refractivity contribution < 1.29 is 22.4 Å². The number of carbonyl (C=O) groups is 1. The molecular weight excluding hydrogens is 392 g/mol. The number of benzene rings is 2. The normalized spacial score (nSPS) is 12.2. The molecule has 29 heavy (non-hydrogen) atoms. The summed E-state index contributed by atoms with van der Waals surface area (Å²) in [7, 11) is -2.35. The molecule has 3 rings (SSSR count). The Morgan fingerprint density at radius 1 is 1.10 bits per heavy atom. The number of ether oxygens (including phenoxy) is 1. The molecule has 1 amide bonds. The first-order chi connectivity index (χ1) is 13.8. The second kappa shape index (κ2) is 8.40. The van der Waals surface area contributed by atoms with E-state index in [1.54, 1.807) is 62.4 Å². The van der Waals surface area contributed by atoms with Gasteiger partial charge in [0.2, 0.25) is 0 Å². The molecule has 0 aliphatic carbocycles. The van der Waals surface area contributed by atoms with Gasteiger partial charge in [-0.3, -0.25) is 9.52 Å². The van der Waals surface area contributed by atoms with Crippen molar-refractivity contribution in [3.05, 3.63) is 77.7 Å². The summed E-state index contributed by atoms with van der Waals surface area (Å²) in [5.41, 5.74) is 1.16. The lowest BCUT2D eigenvalue weighted by molar-refractivity contribution is 0.0935. The molecule has 1 heterocycles. The van der Waals surface area contributed by atoms with Crippen molar-refractivity contribution in [3.63, 3.8) is 0 Å². The van der Waals surface area contributed by atoms with Gasteiger partial charge in [0.1, 0.15) is 11.5 Å². The highest BCUT2D eigenvalue weighted by atomic mass is 32.2. The third-order valence-corrected chi connectivity index (χ3v) is 5.92. The van der Waals surface area contributed by atoms with E-state index >= 15 is 0 Å². The predicted octanol–water partition coefficient (Wildman–Crippen LogP) is 3.89. The maximum atomic E-state index is 12.9. The lowest BCUT2D eigenvalue weighted by Gasteiger charge is -2.14. The zero-order chi connectivity index (χ0) is 21.0. The third kappa shape index (κ3) is 4.78. The van der Waals surface area contributed by atoms with Crippen LogP contribution in [0.15, 0.2) is 70.2 Å². The largest absolute Gasteiger partial charge is 0.497 e. The molecule has 0 saturated heterocycles. The van der Waals surface area contributed by atoms with Crippen LogP contribution in [0.3, 0.4) is 0 Å². The zero-order valence-corrected chi connectivity index (χ0v) is 17.1. The number of nitrogens with one attached hydrogen (secondary N) is 2. The fourth-order valence-corrected chi connectivity index (χ4v) is 4.12. The van der Waals surface area contributed by atoms with Crippen LogP contribution in [0.4, 0.5) is 5.69 Å². The number of sulfonamides is 1. The van der Waals surface area contributed by atoms with Gasteiger partial charge in [-0.25, -0.2) is 8.42 Å². The van der Waals surface area contributed by atoms with Crippen molar-refractivity contribution in [2.24, 2.45) is 0 Å². The van der Waals surface area contributed by atoms with Crippen LogP contribution in [0.1, 0.15) is 34.6 Å². The van der Waals surface area contributed by atoms with E-state index < -0.39 is 15.9 Å². The van der Waals surface area contributed by atoms with Crippen molar-refractivity contribution in [2.75, 3.05) is 11.8 Å². The molecule has 0 saturated carbocycles. The van der Waals surface area contributed by atoms with Gasteiger partial charge in [0, 0.05) is 11.3 Å². The molecule has 0 unspecified atom stereocenters. The molecule has 0 fully saturated rings. The fourth-order valence-electron chi connectivity index (χ4n) is 2.79. The Hall–Kier alpha value is -3.26. The molecule has 8 heteroatoms. The Morgan fingerprint density at radius 2 is 1.83 bits per heavy atom. The smallest absolute Gasteiger partial charge is 0.262 e. The van der Waals surface area contributed by atoms with Gasteiger partial charge in [-0.15, -0.1) is 0 Å². The lowest BCUT2D eigenvalue weighted by Crippen LogP contribution is -2.26.